The Bertz CT molecular complexity index is 969. The topological polar surface area (TPSA) is 68.9 Å². The molecule has 7 heteroatoms. The number of fused-ring (bicyclic) bond motifs is 2. The zero-order chi connectivity index (χ0) is 16.7. The second kappa shape index (κ2) is 5.90. The minimum atomic E-state index is -0.177. The maximum absolute atomic E-state index is 12.5. The third-order valence-electron chi connectivity index (χ3n) is 4.56. The molecule has 124 valence electrons. The van der Waals surface area contributed by atoms with Crippen molar-refractivity contribution in [2.75, 3.05) is 0 Å². The number of rotatable bonds is 3. The second-order valence-electron chi connectivity index (χ2n) is 6.18. The lowest BCUT2D eigenvalue weighted by Gasteiger charge is -2.21. The summed E-state index contributed by atoms with van der Waals surface area (Å²) >= 11 is 1.71. The van der Waals surface area contributed by atoms with E-state index in [1.54, 1.807) is 23.0 Å². The molecular weight excluding hydrogens is 324 g/mol. The number of nitrogens with zero attached hydrogens (tertiary/aromatic N) is 3. The molecule has 0 unspecified atom stereocenters. The summed E-state index contributed by atoms with van der Waals surface area (Å²) < 4.78 is 4.21. The third-order valence-corrected chi connectivity index (χ3v) is 5.46. The Labute approximate surface area is 142 Å². The van der Waals surface area contributed by atoms with Gasteiger partial charge in [0.05, 0.1) is 5.92 Å². The van der Waals surface area contributed by atoms with Gasteiger partial charge in [-0.15, -0.1) is 11.3 Å². The Morgan fingerprint density at radius 3 is 3.17 bits per heavy atom. The van der Waals surface area contributed by atoms with Gasteiger partial charge in [-0.05, 0) is 40.9 Å². The van der Waals surface area contributed by atoms with Crippen LogP contribution in [0.1, 0.15) is 17.8 Å². The van der Waals surface area contributed by atoms with Gasteiger partial charge < -0.3 is 5.32 Å². The van der Waals surface area contributed by atoms with Gasteiger partial charge >= 0.3 is 5.69 Å². The number of thiophene rings is 1. The summed E-state index contributed by atoms with van der Waals surface area (Å²) in [6.07, 6.45) is 1.39. The van der Waals surface area contributed by atoms with Gasteiger partial charge in [0, 0.05) is 31.3 Å². The number of carbonyl (C=O) groups is 1. The summed E-state index contributed by atoms with van der Waals surface area (Å²) in [5.74, 6) is 0.598. The first-order valence-corrected chi connectivity index (χ1v) is 8.86. The molecule has 1 atom stereocenters. The molecule has 24 heavy (non-hydrogen) atoms. The fourth-order valence-electron chi connectivity index (χ4n) is 3.21. The SMILES string of the molecule is Cn1nc2n(c1=O)C[C@@H](C(=O)NCc1ccc3sccc3c1)CC2. The molecule has 1 amide bonds. The van der Waals surface area contributed by atoms with Gasteiger partial charge in [-0.3, -0.25) is 9.36 Å². The molecule has 0 bridgehead atoms. The van der Waals surface area contributed by atoms with E-state index in [2.05, 4.69) is 34.0 Å². The van der Waals surface area contributed by atoms with Crippen LogP contribution in [0.4, 0.5) is 0 Å². The van der Waals surface area contributed by atoms with Gasteiger partial charge in [-0.25, -0.2) is 9.48 Å². The summed E-state index contributed by atoms with van der Waals surface area (Å²) in [5.41, 5.74) is 0.940. The average molecular weight is 342 g/mol. The first kappa shape index (κ1) is 15.1. The Balaban J connectivity index is 1.43. The second-order valence-corrected chi connectivity index (χ2v) is 7.13. The molecule has 0 spiro atoms. The monoisotopic (exact) mass is 342 g/mol. The molecule has 0 radical (unpaired) electrons. The van der Waals surface area contributed by atoms with Gasteiger partial charge in [0.2, 0.25) is 5.91 Å². The molecular formula is C17H18N4O2S. The molecule has 0 saturated carbocycles. The molecule has 0 aliphatic carbocycles. The number of hydrogen-bond acceptors (Lipinski definition) is 4. The molecule has 4 rings (SSSR count). The van der Waals surface area contributed by atoms with Crippen molar-refractivity contribution in [3.8, 4) is 0 Å². The van der Waals surface area contributed by atoms with Crippen molar-refractivity contribution in [3.63, 3.8) is 0 Å². The van der Waals surface area contributed by atoms with E-state index in [4.69, 9.17) is 0 Å². The zero-order valence-electron chi connectivity index (χ0n) is 13.4. The molecule has 1 aromatic carbocycles. The van der Waals surface area contributed by atoms with Crippen LogP contribution in [0.5, 0.6) is 0 Å². The maximum Gasteiger partial charge on any atom is 0.345 e. The third kappa shape index (κ3) is 2.65. The Morgan fingerprint density at radius 2 is 2.29 bits per heavy atom. The summed E-state index contributed by atoms with van der Waals surface area (Å²) in [4.78, 5) is 24.5. The minimum Gasteiger partial charge on any atom is -0.352 e. The first-order valence-electron chi connectivity index (χ1n) is 7.98. The number of aryl methyl sites for hydroxylation is 2. The highest BCUT2D eigenvalue weighted by atomic mass is 32.1. The Hall–Kier alpha value is -2.41. The fourth-order valence-corrected chi connectivity index (χ4v) is 3.98. The standard InChI is InChI=1S/C17H18N4O2S/c1-20-17(23)21-10-13(3-5-15(21)19-20)16(22)18-9-11-2-4-14-12(8-11)6-7-24-14/h2,4,6-8,13H,3,5,9-10H2,1H3,(H,18,22)/t13-/m0/s1. The van der Waals surface area contributed by atoms with E-state index in [-0.39, 0.29) is 17.5 Å². The predicted octanol–water partition coefficient (Wildman–Crippen LogP) is 1.68. The molecule has 0 fully saturated rings. The van der Waals surface area contributed by atoms with Gasteiger partial charge in [-0.1, -0.05) is 6.07 Å². The van der Waals surface area contributed by atoms with Crippen LogP contribution in [0.15, 0.2) is 34.4 Å². The molecule has 0 saturated heterocycles. The predicted molar refractivity (Wildman–Crippen MR) is 93.0 cm³/mol. The molecule has 1 N–H and O–H groups in total. The number of aromatic nitrogens is 3. The molecule has 3 aromatic rings. The highest BCUT2D eigenvalue weighted by molar-refractivity contribution is 7.17. The Morgan fingerprint density at radius 1 is 1.42 bits per heavy atom. The smallest absolute Gasteiger partial charge is 0.345 e. The van der Waals surface area contributed by atoms with Crippen molar-refractivity contribution >= 4 is 27.3 Å². The molecule has 3 heterocycles. The van der Waals surface area contributed by atoms with E-state index >= 15 is 0 Å². The summed E-state index contributed by atoms with van der Waals surface area (Å²) in [7, 11) is 1.64. The summed E-state index contributed by atoms with van der Waals surface area (Å²) in [5, 5.41) is 10.5. The van der Waals surface area contributed by atoms with E-state index in [9.17, 15) is 9.59 Å². The molecule has 1 aliphatic rings. The number of nitrogens with one attached hydrogen (secondary N) is 1. The largest absolute Gasteiger partial charge is 0.352 e. The highest BCUT2D eigenvalue weighted by Gasteiger charge is 2.27. The van der Waals surface area contributed by atoms with E-state index in [1.165, 1.54) is 14.8 Å². The molecule has 2 aromatic heterocycles. The quantitative estimate of drug-likeness (QED) is 0.787. The van der Waals surface area contributed by atoms with Crippen LogP contribution in [0.2, 0.25) is 0 Å². The molecule has 6 nitrogen and oxygen atoms in total. The summed E-state index contributed by atoms with van der Waals surface area (Å²) in [6.45, 7) is 0.924. The van der Waals surface area contributed by atoms with Crippen LogP contribution < -0.4 is 11.0 Å². The van der Waals surface area contributed by atoms with Crippen LogP contribution >= 0.6 is 11.3 Å². The van der Waals surface area contributed by atoms with Crippen molar-refractivity contribution in [3.05, 3.63) is 51.5 Å². The van der Waals surface area contributed by atoms with Crippen LogP contribution in [-0.4, -0.2) is 20.3 Å². The molecule has 1 aliphatic heterocycles. The lowest BCUT2D eigenvalue weighted by atomic mass is 9.98. The lowest BCUT2D eigenvalue weighted by molar-refractivity contribution is -0.126. The van der Waals surface area contributed by atoms with Crippen molar-refractivity contribution in [1.82, 2.24) is 19.7 Å². The van der Waals surface area contributed by atoms with Gasteiger partial charge in [0.15, 0.2) is 0 Å². The van der Waals surface area contributed by atoms with Crippen molar-refractivity contribution in [2.24, 2.45) is 13.0 Å². The number of carbonyl (C=O) groups excluding carboxylic acids is 1. The summed E-state index contributed by atoms with van der Waals surface area (Å²) in [6, 6.07) is 8.33. The van der Waals surface area contributed by atoms with Gasteiger partial charge in [0.1, 0.15) is 5.82 Å². The fraction of sp³-hybridized carbons (Fsp3) is 0.353. The van der Waals surface area contributed by atoms with E-state index in [0.717, 1.165) is 17.8 Å². The van der Waals surface area contributed by atoms with Gasteiger partial charge in [0.25, 0.3) is 0 Å². The highest BCUT2D eigenvalue weighted by Crippen LogP contribution is 2.22. The number of benzene rings is 1. The lowest BCUT2D eigenvalue weighted by Crippen LogP contribution is -2.38. The first-order chi connectivity index (χ1) is 11.6. The normalized spacial score (nSPS) is 17.0. The van der Waals surface area contributed by atoms with Crippen LogP contribution in [0, 0.1) is 5.92 Å². The van der Waals surface area contributed by atoms with Crippen LogP contribution in [0.25, 0.3) is 10.1 Å². The Kier molecular flexibility index (Phi) is 3.72. The van der Waals surface area contributed by atoms with Crippen molar-refractivity contribution < 1.29 is 4.79 Å². The van der Waals surface area contributed by atoms with Gasteiger partial charge in [-0.2, -0.15) is 5.10 Å². The maximum atomic E-state index is 12.5. The number of hydrogen-bond donors (Lipinski definition) is 1. The van der Waals surface area contributed by atoms with Crippen LogP contribution in [-0.2, 0) is 31.4 Å². The van der Waals surface area contributed by atoms with E-state index < -0.39 is 0 Å². The van der Waals surface area contributed by atoms with Crippen molar-refractivity contribution in [2.45, 2.75) is 25.9 Å². The van der Waals surface area contributed by atoms with Crippen molar-refractivity contribution in [1.29, 1.82) is 0 Å². The van der Waals surface area contributed by atoms with Crippen LogP contribution in [0.3, 0.4) is 0 Å². The van der Waals surface area contributed by atoms with E-state index in [1.807, 2.05) is 6.07 Å². The zero-order valence-corrected chi connectivity index (χ0v) is 14.2. The number of amides is 1. The average Bonchev–Trinajstić information content (AvgIpc) is 3.17. The minimum absolute atomic E-state index is 0.00168. The van der Waals surface area contributed by atoms with E-state index in [0.29, 0.717) is 19.5 Å².